The molecule has 1 amide bonds. The van der Waals surface area contributed by atoms with Crippen LogP contribution < -0.4 is 24.3 Å². The van der Waals surface area contributed by atoms with Gasteiger partial charge in [-0.15, -0.1) is 0 Å². The molecule has 11 heteroatoms. The second-order valence-corrected chi connectivity index (χ2v) is 7.82. The fraction of sp³-hybridized carbons (Fsp3) is 0.417. The zero-order chi connectivity index (χ0) is 26.0. The number of carbonyl (C=O) groups excluding carboxylic acids is 2. The van der Waals surface area contributed by atoms with Crippen LogP contribution in [0.4, 0.5) is 11.4 Å². The van der Waals surface area contributed by atoms with E-state index in [9.17, 15) is 9.59 Å². The second-order valence-electron chi connectivity index (χ2n) is 6.98. The van der Waals surface area contributed by atoms with E-state index in [1.807, 2.05) is 13.8 Å². The Hall–Kier alpha value is -3.04. The fourth-order valence-corrected chi connectivity index (χ4v) is 3.38. The average Bonchev–Trinajstić information content (AvgIpc) is 2.79. The number of Topliss-reactive ketones (excluding diaryl/α,β-unsaturated/α-hetero) is 1. The summed E-state index contributed by atoms with van der Waals surface area (Å²) in [5.41, 5.74) is 0.455. The predicted molar refractivity (Wildman–Crippen MR) is 135 cm³/mol. The highest BCUT2D eigenvalue weighted by molar-refractivity contribution is 6.33. The number of benzene rings is 2. The largest absolute Gasteiger partial charge is 0.491 e. The molecule has 0 aromatic heterocycles. The molecule has 2 rings (SSSR count). The van der Waals surface area contributed by atoms with Crippen LogP contribution in [0.1, 0.15) is 34.6 Å². The van der Waals surface area contributed by atoms with Gasteiger partial charge < -0.3 is 24.3 Å². The molecule has 1 N–H and O–H groups in total. The van der Waals surface area contributed by atoms with E-state index < -0.39 is 17.7 Å². The number of nitrogens with zero attached hydrogens (tertiary/aromatic N) is 2. The molecule has 0 fully saturated rings. The molecular weight excluding hydrogens is 497 g/mol. The van der Waals surface area contributed by atoms with Crippen molar-refractivity contribution in [2.45, 2.75) is 40.7 Å². The standard InChI is InChI=1S/C24H29Cl2N3O6/c1-6-32-18-12-16(26)17(13-19(18)33-7-2)28-29-22(14(5)30)24(31)27-23-20(34-8-3)10-15(25)11-21(23)35-9-4/h10-13,22H,6-9H2,1-5H3,(H,27,31). The molecule has 0 heterocycles. The Balaban J connectivity index is 2.39. The molecule has 0 aliphatic carbocycles. The van der Waals surface area contributed by atoms with Gasteiger partial charge in [0.2, 0.25) is 6.04 Å². The van der Waals surface area contributed by atoms with Crippen LogP contribution in [0.25, 0.3) is 0 Å². The van der Waals surface area contributed by atoms with E-state index in [1.54, 1.807) is 32.0 Å². The molecular formula is C24H29Cl2N3O6. The summed E-state index contributed by atoms with van der Waals surface area (Å²) in [4.78, 5) is 25.3. The Labute approximate surface area is 214 Å². The van der Waals surface area contributed by atoms with Crippen LogP contribution >= 0.6 is 23.2 Å². The van der Waals surface area contributed by atoms with Gasteiger partial charge in [0, 0.05) is 29.3 Å². The zero-order valence-corrected chi connectivity index (χ0v) is 21.8. The maximum atomic E-state index is 13.1. The van der Waals surface area contributed by atoms with Gasteiger partial charge >= 0.3 is 0 Å². The molecule has 2 aromatic carbocycles. The van der Waals surface area contributed by atoms with Gasteiger partial charge in [0.1, 0.15) is 22.9 Å². The quantitative estimate of drug-likeness (QED) is 0.244. The molecule has 190 valence electrons. The minimum atomic E-state index is -1.45. The maximum Gasteiger partial charge on any atom is 0.259 e. The van der Waals surface area contributed by atoms with Gasteiger partial charge in [-0.25, -0.2) is 0 Å². The zero-order valence-electron chi connectivity index (χ0n) is 20.3. The summed E-state index contributed by atoms with van der Waals surface area (Å²) in [6, 6.07) is 4.72. The minimum Gasteiger partial charge on any atom is -0.491 e. The van der Waals surface area contributed by atoms with Crippen LogP contribution in [0.2, 0.25) is 10.0 Å². The average molecular weight is 526 g/mol. The Kier molecular flexibility index (Phi) is 11.1. The van der Waals surface area contributed by atoms with Crippen molar-refractivity contribution in [3.63, 3.8) is 0 Å². The highest BCUT2D eigenvalue weighted by Crippen LogP contribution is 2.40. The number of amides is 1. The van der Waals surface area contributed by atoms with Gasteiger partial charge in [-0.05, 0) is 34.6 Å². The minimum absolute atomic E-state index is 0.217. The molecule has 0 saturated carbocycles. The molecule has 0 saturated heterocycles. The third kappa shape index (κ3) is 7.73. The lowest BCUT2D eigenvalue weighted by molar-refractivity contribution is -0.126. The van der Waals surface area contributed by atoms with Crippen molar-refractivity contribution >= 4 is 46.3 Å². The Morgan fingerprint density at radius 1 is 0.829 bits per heavy atom. The summed E-state index contributed by atoms with van der Waals surface area (Å²) >= 11 is 12.5. The van der Waals surface area contributed by atoms with E-state index >= 15 is 0 Å². The lowest BCUT2D eigenvalue weighted by Gasteiger charge is -2.18. The van der Waals surface area contributed by atoms with Crippen LogP contribution in [-0.2, 0) is 9.59 Å². The summed E-state index contributed by atoms with van der Waals surface area (Å²) in [7, 11) is 0. The van der Waals surface area contributed by atoms with E-state index in [1.165, 1.54) is 13.0 Å². The monoisotopic (exact) mass is 525 g/mol. The van der Waals surface area contributed by atoms with Crippen LogP contribution in [0.3, 0.4) is 0 Å². The molecule has 0 aliphatic rings. The Bertz CT molecular complexity index is 1050. The first-order valence-corrected chi connectivity index (χ1v) is 11.9. The van der Waals surface area contributed by atoms with E-state index in [0.29, 0.717) is 54.4 Å². The molecule has 1 atom stereocenters. The molecule has 35 heavy (non-hydrogen) atoms. The Morgan fingerprint density at radius 2 is 1.31 bits per heavy atom. The van der Waals surface area contributed by atoms with Crippen molar-refractivity contribution < 1.29 is 28.5 Å². The van der Waals surface area contributed by atoms with E-state index in [0.717, 1.165) is 0 Å². The number of rotatable bonds is 13. The molecule has 0 aliphatic heterocycles. The first-order chi connectivity index (χ1) is 16.7. The fourth-order valence-electron chi connectivity index (χ4n) is 2.99. The maximum absolute atomic E-state index is 13.1. The summed E-state index contributed by atoms with van der Waals surface area (Å²) in [5.74, 6) is 0.217. The van der Waals surface area contributed by atoms with Crippen molar-refractivity contribution in [2.75, 3.05) is 31.7 Å². The number of nitrogens with one attached hydrogen (secondary N) is 1. The number of anilines is 1. The highest BCUT2D eigenvalue weighted by Gasteiger charge is 2.26. The number of ketones is 1. The molecule has 0 radical (unpaired) electrons. The van der Waals surface area contributed by atoms with Crippen LogP contribution in [-0.4, -0.2) is 44.2 Å². The second kappa shape index (κ2) is 13.7. The van der Waals surface area contributed by atoms with Crippen LogP contribution in [0.15, 0.2) is 34.5 Å². The Morgan fingerprint density at radius 3 is 1.80 bits per heavy atom. The molecule has 2 aromatic rings. The highest BCUT2D eigenvalue weighted by atomic mass is 35.5. The summed E-state index contributed by atoms with van der Waals surface area (Å²) in [6.07, 6.45) is 0. The van der Waals surface area contributed by atoms with E-state index in [4.69, 9.17) is 42.1 Å². The van der Waals surface area contributed by atoms with Crippen molar-refractivity contribution in [1.29, 1.82) is 0 Å². The summed E-state index contributed by atoms with van der Waals surface area (Å²) in [6.45, 7) is 9.93. The predicted octanol–water partition coefficient (Wildman–Crippen LogP) is 6.27. The van der Waals surface area contributed by atoms with E-state index in [2.05, 4.69) is 15.5 Å². The molecule has 1 unspecified atom stereocenters. The van der Waals surface area contributed by atoms with Crippen molar-refractivity contribution in [3.8, 4) is 23.0 Å². The smallest absolute Gasteiger partial charge is 0.259 e. The van der Waals surface area contributed by atoms with Gasteiger partial charge in [-0.2, -0.15) is 10.2 Å². The third-order valence-electron chi connectivity index (χ3n) is 4.41. The number of halogens is 2. The van der Waals surface area contributed by atoms with Gasteiger partial charge in [0.05, 0.1) is 31.5 Å². The van der Waals surface area contributed by atoms with Crippen molar-refractivity contribution in [3.05, 3.63) is 34.3 Å². The normalized spacial score (nSPS) is 11.7. The number of hydrogen-bond donors (Lipinski definition) is 1. The first kappa shape index (κ1) is 28.2. The van der Waals surface area contributed by atoms with E-state index in [-0.39, 0.29) is 16.4 Å². The van der Waals surface area contributed by atoms with Crippen molar-refractivity contribution in [2.24, 2.45) is 10.2 Å². The third-order valence-corrected chi connectivity index (χ3v) is 4.93. The molecule has 0 bridgehead atoms. The lowest BCUT2D eigenvalue weighted by Crippen LogP contribution is -2.32. The van der Waals surface area contributed by atoms with Gasteiger partial charge in [-0.3, -0.25) is 9.59 Å². The topological polar surface area (TPSA) is 108 Å². The van der Waals surface area contributed by atoms with Crippen LogP contribution in [0.5, 0.6) is 23.0 Å². The number of azo groups is 1. The SMILES string of the molecule is CCOc1cc(Cl)c(N=NC(C(C)=O)C(=O)Nc2c(OCC)cc(Cl)cc2OCC)cc1OCC. The number of hydrogen-bond acceptors (Lipinski definition) is 8. The van der Waals surface area contributed by atoms with Gasteiger partial charge in [0.25, 0.3) is 5.91 Å². The van der Waals surface area contributed by atoms with Gasteiger partial charge in [-0.1, -0.05) is 23.2 Å². The summed E-state index contributed by atoms with van der Waals surface area (Å²) in [5, 5.41) is 11.3. The molecule has 9 nitrogen and oxygen atoms in total. The summed E-state index contributed by atoms with van der Waals surface area (Å²) < 4.78 is 22.3. The van der Waals surface area contributed by atoms with Crippen molar-refractivity contribution in [1.82, 2.24) is 0 Å². The molecule has 0 spiro atoms. The first-order valence-electron chi connectivity index (χ1n) is 11.2. The number of carbonyl (C=O) groups is 2. The lowest BCUT2D eigenvalue weighted by atomic mass is 10.2. The number of ether oxygens (including phenoxy) is 4. The van der Waals surface area contributed by atoms with Crippen LogP contribution in [0, 0.1) is 0 Å². The van der Waals surface area contributed by atoms with Gasteiger partial charge in [0.15, 0.2) is 17.3 Å².